The van der Waals surface area contributed by atoms with Crippen molar-refractivity contribution in [1.29, 1.82) is 0 Å². The highest BCUT2D eigenvalue weighted by atomic mass is 32.2. The first-order valence-corrected chi connectivity index (χ1v) is 6.19. The number of rotatable bonds is 3. The zero-order valence-corrected chi connectivity index (χ0v) is 9.30. The fourth-order valence-corrected chi connectivity index (χ4v) is 1.86. The summed E-state index contributed by atoms with van der Waals surface area (Å²) < 4.78 is 5.21. The largest absolute Gasteiger partial charge is 0.338 e. The zero-order valence-electron chi connectivity index (χ0n) is 8.49. The van der Waals surface area contributed by atoms with Crippen LogP contribution in [-0.4, -0.2) is 22.9 Å². The van der Waals surface area contributed by atoms with Gasteiger partial charge in [0.25, 0.3) is 0 Å². The second kappa shape index (κ2) is 4.31. The van der Waals surface area contributed by atoms with E-state index in [1.54, 1.807) is 11.8 Å². The molecule has 0 bridgehead atoms. The van der Waals surface area contributed by atoms with Crippen LogP contribution in [0.4, 0.5) is 0 Å². The van der Waals surface area contributed by atoms with Crippen LogP contribution < -0.4 is 5.32 Å². The van der Waals surface area contributed by atoms with E-state index in [1.807, 2.05) is 6.26 Å². The summed E-state index contributed by atoms with van der Waals surface area (Å²) in [5.41, 5.74) is 0. The summed E-state index contributed by atoms with van der Waals surface area (Å²) in [6.07, 6.45) is 4.36. The van der Waals surface area contributed by atoms with Crippen LogP contribution in [-0.2, 0) is 0 Å². The first-order valence-electron chi connectivity index (χ1n) is 4.91. The summed E-state index contributed by atoms with van der Waals surface area (Å²) in [5, 5.41) is 7.65. The van der Waals surface area contributed by atoms with E-state index in [9.17, 15) is 0 Å². The molecule has 1 aliphatic heterocycles. The fourth-order valence-electron chi connectivity index (χ4n) is 1.56. The van der Waals surface area contributed by atoms with Crippen LogP contribution in [0.3, 0.4) is 0 Å². The quantitative estimate of drug-likeness (QED) is 0.831. The minimum absolute atomic E-state index is 0.289. The molecule has 0 aliphatic carbocycles. The van der Waals surface area contributed by atoms with Crippen molar-refractivity contribution < 1.29 is 4.52 Å². The molecule has 0 radical (unpaired) electrons. The second-order valence-corrected chi connectivity index (χ2v) is 4.70. The number of nitrogens with one attached hydrogen (secondary N) is 1. The van der Waals surface area contributed by atoms with E-state index in [4.69, 9.17) is 4.52 Å². The van der Waals surface area contributed by atoms with Crippen molar-refractivity contribution in [3.05, 3.63) is 11.7 Å². The summed E-state index contributed by atoms with van der Waals surface area (Å²) in [7, 11) is 0. The van der Waals surface area contributed by atoms with Crippen LogP contribution in [0.1, 0.15) is 42.8 Å². The van der Waals surface area contributed by atoms with E-state index in [2.05, 4.69) is 22.4 Å². The predicted molar refractivity (Wildman–Crippen MR) is 56.2 cm³/mol. The van der Waals surface area contributed by atoms with Crippen molar-refractivity contribution in [2.75, 3.05) is 12.8 Å². The highest BCUT2D eigenvalue weighted by Crippen LogP contribution is 2.26. The Labute approximate surface area is 87.8 Å². The molecule has 2 unspecified atom stereocenters. The van der Waals surface area contributed by atoms with Crippen LogP contribution in [0.5, 0.6) is 0 Å². The monoisotopic (exact) mass is 213 g/mol. The number of thioether (sulfide) groups is 1. The van der Waals surface area contributed by atoms with E-state index in [-0.39, 0.29) is 5.25 Å². The van der Waals surface area contributed by atoms with E-state index in [0.717, 1.165) is 24.7 Å². The molecule has 1 aromatic heterocycles. The Balaban J connectivity index is 2.08. The van der Waals surface area contributed by atoms with Gasteiger partial charge in [-0.3, -0.25) is 0 Å². The van der Waals surface area contributed by atoms with Crippen molar-refractivity contribution in [3.8, 4) is 0 Å². The average Bonchev–Trinajstić information content (AvgIpc) is 2.86. The molecule has 1 fully saturated rings. The number of hydrogen-bond acceptors (Lipinski definition) is 5. The SMILES string of the molecule is CSC(C)c1nc(C2CCCN2)no1. The molecule has 1 saturated heterocycles. The van der Waals surface area contributed by atoms with Crippen LogP contribution in [0, 0.1) is 0 Å². The smallest absolute Gasteiger partial charge is 0.239 e. The minimum Gasteiger partial charge on any atom is -0.338 e. The predicted octanol–water partition coefficient (Wildman–Crippen LogP) is 1.92. The summed E-state index contributed by atoms with van der Waals surface area (Å²) in [4.78, 5) is 4.40. The van der Waals surface area contributed by atoms with Gasteiger partial charge in [0.05, 0.1) is 11.3 Å². The molecule has 2 atom stereocenters. The van der Waals surface area contributed by atoms with Crippen molar-refractivity contribution in [2.45, 2.75) is 31.1 Å². The van der Waals surface area contributed by atoms with Crippen LogP contribution in [0.2, 0.25) is 0 Å². The Morgan fingerprint density at radius 1 is 1.64 bits per heavy atom. The molecule has 4 nitrogen and oxygen atoms in total. The lowest BCUT2D eigenvalue weighted by Crippen LogP contribution is -2.14. The van der Waals surface area contributed by atoms with Gasteiger partial charge in [-0.2, -0.15) is 16.7 Å². The highest BCUT2D eigenvalue weighted by Gasteiger charge is 2.22. The molecule has 0 spiro atoms. The summed E-state index contributed by atoms with van der Waals surface area (Å²) >= 11 is 1.72. The number of hydrogen-bond donors (Lipinski definition) is 1. The van der Waals surface area contributed by atoms with E-state index in [1.165, 1.54) is 6.42 Å². The van der Waals surface area contributed by atoms with Gasteiger partial charge in [0.15, 0.2) is 5.82 Å². The van der Waals surface area contributed by atoms with Crippen molar-refractivity contribution in [1.82, 2.24) is 15.5 Å². The van der Waals surface area contributed by atoms with E-state index >= 15 is 0 Å². The molecule has 0 amide bonds. The topological polar surface area (TPSA) is 51.0 Å². The van der Waals surface area contributed by atoms with Gasteiger partial charge in [-0.05, 0) is 32.6 Å². The van der Waals surface area contributed by atoms with Gasteiger partial charge >= 0.3 is 0 Å². The zero-order chi connectivity index (χ0) is 9.97. The molecule has 0 aromatic carbocycles. The standard InChI is InChI=1S/C9H15N3OS/c1-6(14-2)9-11-8(12-13-9)7-4-3-5-10-7/h6-7,10H,3-5H2,1-2H3. The van der Waals surface area contributed by atoms with Crippen molar-refractivity contribution in [2.24, 2.45) is 0 Å². The third-order valence-corrected chi connectivity index (χ3v) is 3.44. The van der Waals surface area contributed by atoms with Crippen LogP contribution in [0.25, 0.3) is 0 Å². The average molecular weight is 213 g/mol. The van der Waals surface area contributed by atoms with Gasteiger partial charge in [-0.1, -0.05) is 5.16 Å². The maximum Gasteiger partial charge on any atom is 0.239 e. The van der Waals surface area contributed by atoms with Crippen molar-refractivity contribution in [3.63, 3.8) is 0 Å². The van der Waals surface area contributed by atoms with E-state index in [0.29, 0.717) is 6.04 Å². The molecule has 1 aromatic rings. The van der Waals surface area contributed by atoms with E-state index < -0.39 is 0 Å². The van der Waals surface area contributed by atoms with Crippen molar-refractivity contribution >= 4 is 11.8 Å². The van der Waals surface area contributed by atoms with Gasteiger partial charge in [-0.25, -0.2) is 0 Å². The van der Waals surface area contributed by atoms with Crippen LogP contribution >= 0.6 is 11.8 Å². The van der Waals surface area contributed by atoms with Gasteiger partial charge in [-0.15, -0.1) is 0 Å². The van der Waals surface area contributed by atoms with Crippen LogP contribution in [0.15, 0.2) is 4.52 Å². The first kappa shape index (κ1) is 9.98. The molecule has 0 saturated carbocycles. The molecule has 2 heterocycles. The third kappa shape index (κ3) is 1.93. The van der Waals surface area contributed by atoms with Gasteiger partial charge in [0.1, 0.15) is 0 Å². The Morgan fingerprint density at radius 2 is 2.50 bits per heavy atom. The summed E-state index contributed by atoms with van der Waals surface area (Å²) in [6, 6.07) is 0.307. The lowest BCUT2D eigenvalue weighted by Gasteiger charge is -2.02. The maximum atomic E-state index is 5.21. The lowest BCUT2D eigenvalue weighted by atomic mass is 10.2. The maximum absolute atomic E-state index is 5.21. The number of aromatic nitrogens is 2. The lowest BCUT2D eigenvalue weighted by molar-refractivity contribution is 0.369. The van der Waals surface area contributed by atoms with Gasteiger partial charge < -0.3 is 9.84 Å². The highest BCUT2D eigenvalue weighted by molar-refractivity contribution is 7.98. The van der Waals surface area contributed by atoms with Gasteiger partial charge in [0.2, 0.25) is 5.89 Å². The second-order valence-electron chi connectivity index (χ2n) is 3.52. The molecule has 14 heavy (non-hydrogen) atoms. The molecular weight excluding hydrogens is 198 g/mol. The Kier molecular flexibility index (Phi) is 3.08. The normalized spacial score (nSPS) is 24.0. The Bertz CT molecular complexity index is 296. The molecular formula is C9H15N3OS. The van der Waals surface area contributed by atoms with Gasteiger partial charge in [0, 0.05) is 0 Å². The molecule has 5 heteroatoms. The molecule has 1 aliphatic rings. The Hall–Kier alpha value is -0.550. The first-order chi connectivity index (χ1) is 6.81. The Morgan fingerprint density at radius 3 is 3.14 bits per heavy atom. The minimum atomic E-state index is 0.289. The fraction of sp³-hybridized carbons (Fsp3) is 0.778. The number of nitrogens with zero attached hydrogens (tertiary/aromatic N) is 2. The summed E-state index contributed by atoms with van der Waals surface area (Å²) in [5.74, 6) is 1.56. The summed E-state index contributed by atoms with van der Waals surface area (Å²) in [6.45, 7) is 3.14. The third-order valence-electron chi connectivity index (χ3n) is 2.53. The molecule has 2 rings (SSSR count). The molecule has 1 N–H and O–H groups in total. The molecule has 78 valence electrons.